The molecule has 1 aromatic carbocycles. The lowest BCUT2D eigenvalue weighted by Crippen LogP contribution is -2.44. The molecule has 5 heteroatoms. The number of amides is 1. The van der Waals surface area contributed by atoms with E-state index in [1.165, 1.54) is 7.11 Å². The Kier molecular flexibility index (Phi) is 6.21. The smallest absolute Gasteiger partial charge is 0.260 e. The summed E-state index contributed by atoms with van der Waals surface area (Å²) in [6.07, 6.45) is 0.725. The third-order valence-corrected chi connectivity index (χ3v) is 3.08. The van der Waals surface area contributed by atoms with Crippen LogP contribution in [0.3, 0.4) is 0 Å². The molecule has 21 heavy (non-hydrogen) atoms. The molecule has 0 N–H and O–H groups in total. The van der Waals surface area contributed by atoms with Crippen LogP contribution in [0.1, 0.15) is 38.1 Å². The van der Waals surface area contributed by atoms with Gasteiger partial charge in [-0.1, -0.05) is 0 Å². The lowest BCUT2D eigenvalue weighted by atomic mass is 10.2. The number of aldehydes is 1. The zero-order valence-electron chi connectivity index (χ0n) is 13.3. The van der Waals surface area contributed by atoms with Gasteiger partial charge in [-0.3, -0.25) is 9.59 Å². The Hall–Kier alpha value is -2.04. The van der Waals surface area contributed by atoms with E-state index in [9.17, 15) is 9.59 Å². The molecule has 116 valence electrons. The maximum absolute atomic E-state index is 12.2. The van der Waals surface area contributed by atoms with Crippen molar-refractivity contribution >= 4 is 12.2 Å². The maximum Gasteiger partial charge on any atom is 0.260 e. The molecule has 1 amide bonds. The predicted octanol–water partition coefficient (Wildman–Crippen LogP) is 2.53. The van der Waals surface area contributed by atoms with E-state index < -0.39 is 0 Å². The highest BCUT2D eigenvalue weighted by atomic mass is 16.5. The summed E-state index contributed by atoms with van der Waals surface area (Å²) >= 11 is 0. The molecule has 1 rings (SSSR count). The van der Waals surface area contributed by atoms with Gasteiger partial charge in [0.2, 0.25) is 0 Å². The van der Waals surface area contributed by atoms with Gasteiger partial charge < -0.3 is 14.4 Å². The van der Waals surface area contributed by atoms with E-state index in [2.05, 4.69) is 0 Å². The lowest BCUT2D eigenvalue weighted by Gasteiger charge is -2.30. The van der Waals surface area contributed by atoms with Crippen molar-refractivity contribution in [3.05, 3.63) is 23.8 Å². The van der Waals surface area contributed by atoms with E-state index in [4.69, 9.17) is 9.47 Å². The summed E-state index contributed by atoms with van der Waals surface area (Å²) in [5, 5.41) is 0. The van der Waals surface area contributed by atoms with Crippen LogP contribution in [0.4, 0.5) is 0 Å². The third-order valence-electron chi connectivity index (χ3n) is 3.08. The van der Waals surface area contributed by atoms with Gasteiger partial charge in [-0.25, -0.2) is 0 Å². The van der Waals surface area contributed by atoms with E-state index >= 15 is 0 Å². The average molecular weight is 293 g/mol. The third kappa shape index (κ3) is 4.48. The Morgan fingerprint density at radius 2 is 1.81 bits per heavy atom. The van der Waals surface area contributed by atoms with Crippen LogP contribution < -0.4 is 9.47 Å². The first-order chi connectivity index (χ1) is 9.90. The van der Waals surface area contributed by atoms with Crippen LogP contribution in [0.2, 0.25) is 0 Å². The summed E-state index contributed by atoms with van der Waals surface area (Å²) in [7, 11) is 1.51. The fourth-order valence-electron chi connectivity index (χ4n) is 2.27. The van der Waals surface area contributed by atoms with Gasteiger partial charge in [0.1, 0.15) is 6.29 Å². The molecule has 1 aromatic rings. The molecule has 0 heterocycles. The van der Waals surface area contributed by atoms with Crippen molar-refractivity contribution in [3.8, 4) is 11.5 Å². The van der Waals surface area contributed by atoms with Gasteiger partial charge >= 0.3 is 0 Å². The zero-order chi connectivity index (χ0) is 16.0. The van der Waals surface area contributed by atoms with Crippen molar-refractivity contribution in [1.82, 2.24) is 4.90 Å². The van der Waals surface area contributed by atoms with Gasteiger partial charge in [-0.05, 0) is 45.9 Å². The number of benzene rings is 1. The van der Waals surface area contributed by atoms with E-state index in [1.54, 1.807) is 23.1 Å². The normalized spacial score (nSPS) is 10.6. The first-order valence-corrected chi connectivity index (χ1v) is 6.97. The van der Waals surface area contributed by atoms with Crippen molar-refractivity contribution < 1.29 is 19.1 Å². The molecule has 0 aliphatic carbocycles. The molecule has 0 saturated heterocycles. The second-order valence-corrected chi connectivity index (χ2v) is 5.31. The van der Waals surface area contributed by atoms with Gasteiger partial charge in [0.25, 0.3) is 5.91 Å². The minimum absolute atomic E-state index is 0.0883. The van der Waals surface area contributed by atoms with Crippen LogP contribution in [0.15, 0.2) is 18.2 Å². The molecule has 0 saturated carbocycles. The molecule has 0 aromatic heterocycles. The summed E-state index contributed by atoms with van der Waals surface area (Å²) in [6.45, 7) is 7.77. The Balaban J connectivity index is 2.82. The van der Waals surface area contributed by atoms with Crippen LogP contribution in [0, 0.1) is 0 Å². The summed E-state index contributed by atoms with van der Waals surface area (Å²) in [4.78, 5) is 24.8. The van der Waals surface area contributed by atoms with Crippen LogP contribution in [-0.4, -0.2) is 42.9 Å². The largest absolute Gasteiger partial charge is 0.493 e. The van der Waals surface area contributed by atoms with Gasteiger partial charge in [0.05, 0.1) is 7.11 Å². The Bertz CT molecular complexity index is 489. The summed E-state index contributed by atoms with van der Waals surface area (Å²) in [5.41, 5.74) is 0.475. The second-order valence-electron chi connectivity index (χ2n) is 5.31. The molecule has 0 fully saturated rings. The van der Waals surface area contributed by atoms with Gasteiger partial charge in [-0.2, -0.15) is 0 Å². The number of nitrogens with zero attached hydrogens (tertiary/aromatic N) is 1. The first kappa shape index (κ1) is 17.0. The number of ether oxygens (including phenoxy) is 2. The number of methoxy groups -OCH3 is 1. The number of carbonyl (C=O) groups excluding carboxylic acids is 2. The van der Waals surface area contributed by atoms with Crippen LogP contribution in [0.25, 0.3) is 0 Å². The Morgan fingerprint density at radius 3 is 2.29 bits per heavy atom. The Morgan fingerprint density at radius 1 is 1.19 bits per heavy atom. The maximum atomic E-state index is 12.2. The zero-order valence-corrected chi connectivity index (χ0v) is 13.3. The van der Waals surface area contributed by atoms with E-state index in [0.29, 0.717) is 17.1 Å². The fourth-order valence-corrected chi connectivity index (χ4v) is 2.27. The van der Waals surface area contributed by atoms with Crippen molar-refractivity contribution in [3.63, 3.8) is 0 Å². The molecule has 0 aliphatic heterocycles. The predicted molar refractivity (Wildman–Crippen MR) is 81.0 cm³/mol. The van der Waals surface area contributed by atoms with Gasteiger partial charge in [-0.15, -0.1) is 0 Å². The molecule has 0 unspecified atom stereocenters. The number of rotatable bonds is 7. The molecular formula is C16H23NO4. The van der Waals surface area contributed by atoms with Crippen molar-refractivity contribution in [2.75, 3.05) is 13.7 Å². The van der Waals surface area contributed by atoms with E-state index in [1.807, 2.05) is 27.7 Å². The Labute approximate surface area is 125 Å². The fraction of sp³-hybridized carbons (Fsp3) is 0.500. The quantitative estimate of drug-likeness (QED) is 0.725. The molecule has 0 atom stereocenters. The first-order valence-electron chi connectivity index (χ1n) is 6.97. The van der Waals surface area contributed by atoms with Crippen LogP contribution >= 0.6 is 0 Å². The topological polar surface area (TPSA) is 55.8 Å². The number of hydrogen-bond acceptors (Lipinski definition) is 4. The van der Waals surface area contributed by atoms with Gasteiger partial charge in [0, 0.05) is 17.6 Å². The summed E-state index contributed by atoms with van der Waals surface area (Å²) < 4.78 is 10.7. The van der Waals surface area contributed by atoms with Crippen LogP contribution in [-0.2, 0) is 4.79 Å². The van der Waals surface area contributed by atoms with E-state index in [0.717, 1.165) is 6.29 Å². The highest BCUT2D eigenvalue weighted by Crippen LogP contribution is 2.27. The van der Waals surface area contributed by atoms with Gasteiger partial charge in [0.15, 0.2) is 18.1 Å². The standard InChI is InChI=1S/C16H23NO4/c1-11(2)17(12(3)4)16(19)10-21-15-8-13(9-18)6-7-14(15)20-5/h6-9,11-12H,10H2,1-5H3. The number of hydrogen-bond donors (Lipinski definition) is 0. The van der Waals surface area contributed by atoms with E-state index in [-0.39, 0.29) is 24.6 Å². The highest BCUT2D eigenvalue weighted by Gasteiger charge is 2.21. The van der Waals surface area contributed by atoms with Crippen molar-refractivity contribution in [2.45, 2.75) is 39.8 Å². The lowest BCUT2D eigenvalue weighted by molar-refractivity contribution is -0.137. The minimum atomic E-state index is -0.0986. The van der Waals surface area contributed by atoms with Crippen LogP contribution in [0.5, 0.6) is 11.5 Å². The average Bonchev–Trinajstić information content (AvgIpc) is 2.43. The number of carbonyl (C=O) groups is 2. The molecule has 0 spiro atoms. The minimum Gasteiger partial charge on any atom is -0.493 e. The second kappa shape index (κ2) is 7.67. The molecular weight excluding hydrogens is 270 g/mol. The SMILES string of the molecule is COc1ccc(C=O)cc1OCC(=O)N(C(C)C)C(C)C. The molecule has 5 nitrogen and oxygen atoms in total. The summed E-state index contributed by atoms with van der Waals surface area (Å²) in [6, 6.07) is 5.05. The monoisotopic (exact) mass is 293 g/mol. The molecule has 0 radical (unpaired) electrons. The summed E-state index contributed by atoms with van der Waals surface area (Å²) in [5.74, 6) is 0.788. The van der Waals surface area contributed by atoms with Crippen molar-refractivity contribution in [1.29, 1.82) is 0 Å². The molecule has 0 aliphatic rings. The van der Waals surface area contributed by atoms with Crippen molar-refractivity contribution in [2.24, 2.45) is 0 Å². The molecule has 0 bridgehead atoms. The highest BCUT2D eigenvalue weighted by molar-refractivity contribution is 5.79.